The minimum Gasteiger partial charge on any atom is -0.508 e. The number of anilines is 1. The van der Waals surface area contributed by atoms with Gasteiger partial charge in [-0.3, -0.25) is 4.79 Å². The summed E-state index contributed by atoms with van der Waals surface area (Å²) in [4.78, 5) is 12.1. The lowest BCUT2D eigenvalue weighted by atomic mass is 10.1. The molecule has 2 N–H and O–H groups in total. The first-order valence-electron chi connectivity index (χ1n) is 5.53. The average molecular weight is 341 g/mol. The Labute approximate surface area is 124 Å². The van der Waals surface area contributed by atoms with Gasteiger partial charge in [-0.2, -0.15) is 0 Å². The van der Waals surface area contributed by atoms with Crippen molar-refractivity contribution >= 4 is 39.1 Å². The normalized spacial score (nSPS) is 10.3. The first kappa shape index (κ1) is 13.9. The average Bonchev–Trinajstić information content (AvgIpc) is 2.36. The second-order valence-electron chi connectivity index (χ2n) is 4.08. The summed E-state index contributed by atoms with van der Waals surface area (Å²) in [5, 5.41) is 12.2. The first-order chi connectivity index (χ1) is 8.97. The lowest BCUT2D eigenvalue weighted by molar-refractivity contribution is 0.102. The van der Waals surface area contributed by atoms with E-state index >= 15 is 0 Å². The fourth-order valence-corrected chi connectivity index (χ4v) is 2.13. The molecule has 0 unspecified atom stereocenters. The van der Waals surface area contributed by atoms with Gasteiger partial charge in [-0.15, -0.1) is 0 Å². The monoisotopic (exact) mass is 339 g/mol. The molecule has 0 radical (unpaired) electrons. The molecule has 98 valence electrons. The van der Waals surface area contributed by atoms with Gasteiger partial charge in [0.1, 0.15) is 5.75 Å². The van der Waals surface area contributed by atoms with Crippen molar-refractivity contribution in [2.45, 2.75) is 6.92 Å². The number of rotatable bonds is 2. The zero-order valence-corrected chi connectivity index (χ0v) is 12.4. The quantitative estimate of drug-likeness (QED) is 0.798. The highest BCUT2D eigenvalue weighted by Crippen LogP contribution is 2.26. The highest BCUT2D eigenvalue weighted by Gasteiger charge is 2.10. The Bertz CT molecular complexity index is 643. The summed E-state index contributed by atoms with van der Waals surface area (Å²) in [5.41, 5.74) is 2.04. The summed E-state index contributed by atoms with van der Waals surface area (Å²) in [5.74, 6) is -0.200. The van der Waals surface area contributed by atoms with E-state index in [0.717, 1.165) is 10.0 Å². The van der Waals surface area contributed by atoms with Crippen molar-refractivity contribution in [3.8, 4) is 5.75 Å². The molecule has 0 bridgehead atoms. The van der Waals surface area contributed by atoms with Crippen LogP contribution in [0.2, 0.25) is 5.02 Å². The van der Waals surface area contributed by atoms with Crippen molar-refractivity contribution in [1.82, 2.24) is 0 Å². The maximum Gasteiger partial charge on any atom is 0.255 e. The molecule has 1 amide bonds. The number of phenolic OH excluding ortho intramolecular Hbond substituents is 1. The summed E-state index contributed by atoms with van der Waals surface area (Å²) in [7, 11) is 0. The van der Waals surface area contributed by atoms with Crippen LogP contribution in [0, 0.1) is 6.92 Å². The molecule has 0 saturated heterocycles. The number of halogens is 2. The standard InChI is InChI=1S/C14H11BrClNO2/c1-8-2-3-9(6-11(8)15)14(19)17-13-5-4-10(18)7-12(13)16/h2-7,18H,1H3,(H,17,19). The number of carbonyl (C=O) groups is 1. The molecule has 0 aliphatic carbocycles. The minimum atomic E-state index is -0.256. The van der Waals surface area contributed by atoms with Gasteiger partial charge in [0.15, 0.2) is 0 Å². The Hall–Kier alpha value is -1.52. The Morgan fingerprint density at radius 3 is 2.63 bits per heavy atom. The molecule has 5 heteroatoms. The van der Waals surface area contributed by atoms with Crippen molar-refractivity contribution in [3.05, 3.63) is 57.0 Å². The zero-order valence-electron chi connectivity index (χ0n) is 10.1. The maximum absolute atomic E-state index is 12.1. The summed E-state index contributed by atoms with van der Waals surface area (Å²) < 4.78 is 0.872. The molecule has 0 aromatic heterocycles. The predicted molar refractivity (Wildman–Crippen MR) is 79.9 cm³/mol. The molecule has 2 aromatic carbocycles. The molecule has 0 aliphatic rings. The predicted octanol–water partition coefficient (Wildman–Crippen LogP) is 4.37. The fraction of sp³-hybridized carbons (Fsp3) is 0.0714. The Balaban J connectivity index is 2.23. The number of carbonyl (C=O) groups excluding carboxylic acids is 1. The van der Waals surface area contributed by atoms with E-state index < -0.39 is 0 Å². The second-order valence-corrected chi connectivity index (χ2v) is 5.34. The molecule has 0 aliphatic heterocycles. The van der Waals surface area contributed by atoms with Crippen LogP contribution < -0.4 is 5.32 Å². The van der Waals surface area contributed by atoms with Gasteiger partial charge in [0.2, 0.25) is 0 Å². The summed E-state index contributed by atoms with van der Waals surface area (Å²) in [6.07, 6.45) is 0. The SMILES string of the molecule is Cc1ccc(C(=O)Nc2ccc(O)cc2Cl)cc1Br. The smallest absolute Gasteiger partial charge is 0.255 e. The van der Waals surface area contributed by atoms with E-state index in [2.05, 4.69) is 21.2 Å². The number of nitrogens with one attached hydrogen (secondary N) is 1. The van der Waals surface area contributed by atoms with E-state index in [1.807, 2.05) is 13.0 Å². The largest absolute Gasteiger partial charge is 0.508 e. The number of aryl methyl sites for hydroxylation is 1. The van der Waals surface area contributed by atoms with Crippen molar-refractivity contribution < 1.29 is 9.90 Å². The molecule has 2 aromatic rings. The van der Waals surface area contributed by atoms with E-state index in [4.69, 9.17) is 11.6 Å². The topological polar surface area (TPSA) is 49.3 Å². The number of amides is 1. The second kappa shape index (κ2) is 5.63. The molecular formula is C14H11BrClNO2. The van der Waals surface area contributed by atoms with Gasteiger partial charge < -0.3 is 10.4 Å². The number of hydrogen-bond donors (Lipinski definition) is 2. The van der Waals surface area contributed by atoms with E-state index in [1.54, 1.807) is 18.2 Å². The third kappa shape index (κ3) is 3.28. The fourth-order valence-electron chi connectivity index (χ4n) is 1.53. The number of benzene rings is 2. The molecule has 0 heterocycles. The maximum atomic E-state index is 12.1. The van der Waals surface area contributed by atoms with Crippen LogP contribution in [-0.4, -0.2) is 11.0 Å². The summed E-state index contributed by atoms with van der Waals surface area (Å²) >= 11 is 9.32. The third-order valence-electron chi connectivity index (χ3n) is 2.63. The molecule has 19 heavy (non-hydrogen) atoms. The van der Waals surface area contributed by atoms with E-state index in [-0.39, 0.29) is 11.7 Å². The van der Waals surface area contributed by atoms with Gasteiger partial charge in [-0.25, -0.2) is 0 Å². The van der Waals surface area contributed by atoms with E-state index in [0.29, 0.717) is 16.3 Å². The Kier molecular flexibility index (Phi) is 4.12. The van der Waals surface area contributed by atoms with E-state index in [1.165, 1.54) is 12.1 Å². The summed E-state index contributed by atoms with van der Waals surface area (Å²) in [6, 6.07) is 9.74. The van der Waals surface area contributed by atoms with Crippen LogP contribution in [0.1, 0.15) is 15.9 Å². The van der Waals surface area contributed by atoms with E-state index in [9.17, 15) is 9.90 Å². The third-order valence-corrected chi connectivity index (χ3v) is 3.80. The zero-order chi connectivity index (χ0) is 14.0. The summed E-state index contributed by atoms with van der Waals surface area (Å²) in [6.45, 7) is 1.95. The minimum absolute atomic E-state index is 0.0566. The molecule has 0 atom stereocenters. The van der Waals surface area contributed by atoms with Crippen molar-refractivity contribution in [2.24, 2.45) is 0 Å². The first-order valence-corrected chi connectivity index (χ1v) is 6.70. The van der Waals surface area contributed by atoms with Gasteiger partial charge in [0.25, 0.3) is 5.91 Å². The molecule has 0 spiro atoms. The van der Waals surface area contributed by atoms with Crippen LogP contribution in [0.15, 0.2) is 40.9 Å². The highest BCUT2D eigenvalue weighted by molar-refractivity contribution is 9.10. The van der Waals surface area contributed by atoms with Gasteiger partial charge in [0.05, 0.1) is 10.7 Å². The molecule has 3 nitrogen and oxygen atoms in total. The Morgan fingerprint density at radius 1 is 1.26 bits per heavy atom. The van der Waals surface area contributed by atoms with Gasteiger partial charge in [-0.1, -0.05) is 33.6 Å². The highest BCUT2D eigenvalue weighted by atomic mass is 79.9. The van der Waals surface area contributed by atoms with Crippen LogP contribution >= 0.6 is 27.5 Å². The van der Waals surface area contributed by atoms with Crippen molar-refractivity contribution in [3.63, 3.8) is 0 Å². The van der Waals surface area contributed by atoms with Crippen LogP contribution in [-0.2, 0) is 0 Å². The lowest BCUT2D eigenvalue weighted by Gasteiger charge is -2.08. The number of phenols is 1. The number of hydrogen-bond acceptors (Lipinski definition) is 2. The molecule has 0 fully saturated rings. The molecule has 0 saturated carbocycles. The van der Waals surface area contributed by atoms with Gasteiger partial charge in [0, 0.05) is 16.1 Å². The Morgan fingerprint density at radius 2 is 2.00 bits per heavy atom. The van der Waals surface area contributed by atoms with Crippen molar-refractivity contribution in [1.29, 1.82) is 0 Å². The lowest BCUT2D eigenvalue weighted by Crippen LogP contribution is -2.12. The van der Waals surface area contributed by atoms with Crippen LogP contribution in [0.25, 0.3) is 0 Å². The van der Waals surface area contributed by atoms with Crippen molar-refractivity contribution in [2.75, 3.05) is 5.32 Å². The molecule has 2 rings (SSSR count). The molecular weight excluding hydrogens is 330 g/mol. The van der Waals surface area contributed by atoms with Crippen LogP contribution in [0.5, 0.6) is 5.75 Å². The van der Waals surface area contributed by atoms with Gasteiger partial charge in [-0.05, 0) is 36.8 Å². The van der Waals surface area contributed by atoms with Gasteiger partial charge >= 0.3 is 0 Å². The van der Waals surface area contributed by atoms with Crippen LogP contribution in [0.3, 0.4) is 0 Å². The van der Waals surface area contributed by atoms with Crippen LogP contribution in [0.4, 0.5) is 5.69 Å². The number of aromatic hydroxyl groups is 1.